The molecule has 0 aliphatic carbocycles. The van der Waals surface area contributed by atoms with E-state index in [0.29, 0.717) is 5.58 Å². The third-order valence-corrected chi connectivity index (χ3v) is 2.43. The van der Waals surface area contributed by atoms with Crippen LogP contribution in [-0.4, -0.2) is 16.2 Å². The van der Waals surface area contributed by atoms with E-state index in [4.69, 9.17) is 9.63 Å². The fraction of sp³-hybridized carbons (Fsp3) is 0.333. The van der Waals surface area contributed by atoms with Gasteiger partial charge in [0.25, 0.3) is 0 Å². The van der Waals surface area contributed by atoms with Gasteiger partial charge in [-0.1, -0.05) is 25.9 Å². The molecule has 0 spiro atoms. The number of benzene rings is 1. The van der Waals surface area contributed by atoms with Crippen molar-refractivity contribution in [1.82, 2.24) is 5.16 Å². The molecule has 0 saturated carbocycles. The first-order valence-electron chi connectivity index (χ1n) is 5.03. The Morgan fingerprint density at radius 3 is 2.62 bits per heavy atom. The quantitative estimate of drug-likeness (QED) is 0.801. The van der Waals surface area contributed by atoms with Crippen LogP contribution in [0.3, 0.4) is 0 Å². The number of rotatable bonds is 1. The molecule has 0 radical (unpaired) electrons. The summed E-state index contributed by atoms with van der Waals surface area (Å²) in [5.74, 6) is -0.962. The Labute approximate surface area is 92.9 Å². The first kappa shape index (κ1) is 10.7. The molecule has 0 unspecified atom stereocenters. The summed E-state index contributed by atoms with van der Waals surface area (Å²) in [6.45, 7) is 6.11. The first-order valence-corrected chi connectivity index (χ1v) is 5.03. The molecule has 0 bridgehead atoms. The number of carboxylic acids is 1. The number of fused-ring (bicyclic) bond motifs is 1. The van der Waals surface area contributed by atoms with E-state index < -0.39 is 5.97 Å². The molecular formula is C12H13NO3. The molecule has 0 saturated heterocycles. The molecule has 1 heterocycles. The Balaban J connectivity index is 2.64. The highest BCUT2D eigenvalue weighted by Crippen LogP contribution is 2.29. The third-order valence-electron chi connectivity index (χ3n) is 2.43. The Morgan fingerprint density at radius 1 is 1.38 bits per heavy atom. The number of hydrogen-bond donors (Lipinski definition) is 1. The highest BCUT2D eigenvalue weighted by atomic mass is 16.5. The Bertz CT molecular complexity index is 549. The topological polar surface area (TPSA) is 63.3 Å². The van der Waals surface area contributed by atoms with Crippen molar-refractivity contribution < 1.29 is 14.4 Å². The standard InChI is InChI=1S/C12H13NO3/c1-12(2,3)10-8-5-4-7(11(14)15)6-9(8)16-13-10/h4-6H,1-3H3,(H,14,15). The molecule has 1 N–H and O–H groups in total. The summed E-state index contributed by atoms with van der Waals surface area (Å²) in [5.41, 5.74) is 1.46. The second kappa shape index (κ2) is 3.33. The molecule has 0 aliphatic heterocycles. The van der Waals surface area contributed by atoms with Gasteiger partial charge in [-0.2, -0.15) is 0 Å². The molecule has 0 atom stereocenters. The maximum atomic E-state index is 10.8. The van der Waals surface area contributed by atoms with Gasteiger partial charge < -0.3 is 9.63 Å². The van der Waals surface area contributed by atoms with Gasteiger partial charge in [-0.05, 0) is 18.2 Å². The van der Waals surface area contributed by atoms with Crippen LogP contribution in [0.5, 0.6) is 0 Å². The highest BCUT2D eigenvalue weighted by Gasteiger charge is 2.22. The van der Waals surface area contributed by atoms with Crippen molar-refractivity contribution in [2.24, 2.45) is 0 Å². The summed E-state index contributed by atoms with van der Waals surface area (Å²) in [4.78, 5) is 10.8. The lowest BCUT2D eigenvalue weighted by molar-refractivity contribution is 0.0697. The van der Waals surface area contributed by atoms with Gasteiger partial charge >= 0.3 is 5.97 Å². The van der Waals surface area contributed by atoms with Crippen LogP contribution in [0.25, 0.3) is 11.0 Å². The highest BCUT2D eigenvalue weighted by molar-refractivity contribution is 5.93. The number of carboxylic acid groups (broad SMARTS) is 1. The molecule has 0 amide bonds. The minimum atomic E-state index is -0.962. The van der Waals surface area contributed by atoms with Gasteiger partial charge in [0.05, 0.1) is 11.3 Å². The van der Waals surface area contributed by atoms with Crippen LogP contribution in [-0.2, 0) is 5.41 Å². The molecule has 2 aromatic rings. The average molecular weight is 219 g/mol. The van der Waals surface area contributed by atoms with Crippen LogP contribution in [0.2, 0.25) is 0 Å². The van der Waals surface area contributed by atoms with Crippen molar-refractivity contribution >= 4 is 16.9 Å². The SMILES string of the molecule is CC(C)(C)c1noc2cc(C(=O)O)ccc12. The molecule has 0 aliphatic rings. The van der Waals surface area contributed by atoms with E-state index in [-0.39, 0.29) is 11.0 Å². The van der Waals surface area contributed by atoms with E-state index in [0.717, 1.165) is 11.1 Å². The van der Waals surface area contributed by atoms with Gasteiger partial charge in [0.1, 0.15) is 0 Å². The molecule has 1 aromatic heterocycles. The van der Waals surface area contributed by atoms with E-state index in [2.05, 4.69) is 5.16 Å². The van der Waals surface area contributed by atoms with E-state index >= 15 is 0 Å². The molecule has 0 fully saturated rings. The minimum Gasteiger partial charge on any atom is -0.478 e. The Hall–Kier alpha value is -1.84. The zero-order chi connectivity index (χ0) is 11.9. The maximum Gasteiger partial charge on any atom is 0.335 e. The molecule has 1 aromatic carbocycles. The lowest BCUT2D eigenvalue weighted by Gasteiger charge is -2.14. The largest absolute Gasteiger partial charge is 0.478 e. The van der Waals surface area contributed by atoms with Gasteiger partial charge in [0.2, 0.25) is 0 Å². The number of aromatic nitrogens is 1. The average Bonchev–Trinajstić information content (AvgIpc) is 2.58. The van der Waals surface area contributed by atoms with Crippen LogP contribution in [0.15, 0.2) is 22.7 Å². The molecule has 2 rings (SSSR count). The summed E-state index contributed by atoms with van der Waals surface area (Å²) in [6, 6.07) is 4.81. The molecule has 4 nitrogen and oxygen atoms in total. The van der Waals surface area contributed by atoms with Gasteiger partial charge in [0, 0.05) is 10.8 Å². The molecule has 4 heteroatoms. The van der Waals surface area contributed by atoms with Crippen molar-refractivity contribution in [2.45, 2.75) is 26.2 Å². The normalized spacial score (nSPS) is 11.9. The van der Waals surface area contributed by atoms with E-state index in [9.17, 15) is 4.79 Å². The number of aromatic carboxylic acids is 1. The molecular weight excluding hydrogens is 206 g/mol. The monoisotopic (exact) mass is 219 g/mol. The first-order chi connectivity index (χ1) is 7.39. The molecule has 84 valence electrons. The lowest BCUT2D eigenvalue weighted by Crippen LogP contribution is -2.11. The number of hydrogen-bond acceptors (Lipinski definition) is 3. The zero-order valence-corrected chi connectivity index (χ0v) is 9.44. The lowest BCUT2D eigenvalue weighted by atomic mass is 9.90. The van der Waals surface area contributed by atoms with Gasteiger partial charge in [-0.3, -0.25) is 0 Å². The number of nitrogens with zero attached hydrogens (tertiary/aromatic N) is 1. The van der Waals surface area contributed by atoms with Crippen molar-refractivity contribution in [3.8, 4) is 0 Å². The van der Waals surface area contributed by atoms with Crippen LogP contribution in [0, 0.1) is 0 Å². The smallest absolute Gasteiger partial charge is 0.335 e. The number of carbonyl (C=O) groups is 1. The summed E-state index contributed by atoms with van der Waals surface area (Å²) in [5, 5.41) is 13.7. The predicted octanol–water partition coefficient (Wildman–Crippen LogP) is 2.82. The summed E-state index contributed by atoms with van der Waals surface area (Å²) >= 11 is 0. The van der Waals surface area contributed by atoms with Gasteiger partial charge in [-0.15, -0.1) is 0 Å². The second-order valence-electron chi connectivity index (χ2n) is 4.80. The summed E-state index contributed by atoms with van der Waals surface area (Å²) in [7, 11) is 0. The van der Waals surface area contributed by atoms with E-state index in [1.54, 1.807) is 12.1 Å². The third kappa shape index (κ3) is 1.66. The van der Waals surface area contributed by atoms with Crippen molar-refractivity contribution in [3.05, 3.63) is 29.5 Å². The second-order valence-corrected chi connectivity index (χ2v) is 4.80. The van der Waals surface area contributed by atoms with E-state index in [1.807, 2.05) is 20.8 Å². The predicted molar refractivity (Wildman–Crippen MR) is 59.7 cm³/mol. The maximum absolute atomic E-state index is 10.8. The minimum absolute atomic E-state index is 0.115. The zero-order valence-electron chi connectivity index (χ0n) is 9.44. The summed E-state index contributed by atoms with van der Waals surface area (Å²) in [6.07, 6.45) is 0. The van der Waals surface area contributed by atoms with E-state index in [1.165, 1.54) is 6.07 Å². The van der Waals surface area contributed by atoms with Crippen molar-refractivity contribution in [3.63, 3.8) is 0 Å². The Morgan fingerprint density at radius 2 is 2.06 bits per heavy atom. The molecule has 16 heavy (non-hydrogen) atoms. The van der Waals surface area contributed by atoms with Gasteiger partial charge in [0.15, 0.2) is 5.58 Å². The van der Waals surface area contributed by atoms with Crippen LogP contribution >= 0.6 is 0 Å². The van der Waals surface area contributed by atoms with Crippen LogP contribution < -0.4 is 0 Å². The van der Waals surface area contributed by atoms with Gasteiger partial charge in [-0.25, -0.2) is 4.79 Å². The van der Waals surface area contributed by atoms with Crippen LogP contribution in [0.1, 0.15) is 36.8 Å². The van der Waals surface area contributed by atoms with Crippen molar-refractivity contribution in [2.75, 3.05) is 0 Å². The van der Waals surface area contributed by atoms with Crippen LogP contribution in [0.4, 0.5) is 0 Å². The fourth-order valence-electron chi connectivity index (χ4n) is 1.61. The summed E-state index contributed by atoms with van der Waals surface area (Å²) < 4.78 is 5.15. The van der Waals surface area contributed by atoms with Crippen molar-refractivity contribution in [1.29, 1.82) is 0 Å². The Kier molecular flexibility index (Phi) is 2.22. The fourth-order valence-corrected chi connectivity index (χ4v) is 1.61.